The summed E-state index contributed by atoms with van der Waals surface area (Å²) in [5.74, 6) is -0.541. The highest BCUT2D eigenvalue weighted by molar-refractivity contribution is 7.91. The minimum absolute atomic E-state index is 0.00243. The van der Waals surface area contributed by atoms with E-state index < -0.39 is 15.7 Å². The number of likely N-dealkylation sites (tertiary alicyclic amines) is 1. The van der Waals surface area contributed by atoms with E-state index in [0.29, 0.717) is 6.04 Å². The molecule has 0 atom stereocenters. The molecule has 6 heteroatoms. The molecule has 1 fully saturated rings. The lowest BCUT2D eigenvalue weighted by atomic mass is 10.0. The standard InChI is InChI=1S/C20H23FN2O2S/c1-22-10-8-17(9-11-22)23-12-7-15-13-19(5-6-20(15)23)26(24,25)18-4-2-3-16(21)14-18/h2-6,13-14,17H,7-12H2,1H3. The summed E-state index contributed by atoms with van der Waals surface area (Å²) in [6.45, 7) is 3.14. The van der Waals surface area contributed by atoms with Gasteiger partial charge in [-0.25, -0.2) is 12.8 Å². The maximum absolute atomic E-state index is 13.4. The maximum atomic E-state index is 13.4. The average Bonchev–Trinajstić information content (AvgIpc) is 3.05. The Hall–Kier alpha value is -1.92. The first-order valence-corrected chi connectivity index (χ1v) is 10.5. The Kier molecular flexibility index (Phi) is 4.49. The van der Waals surface area contributed by atoms with Crippen LogP contribution in [0.2, 0.25) is 0 Å². The number of anilines is 1. The Morgan fingerprint density at radius 3 is 2.46 bits per heavy atom. The van der Waals surface area contributed by atoms with E-state index >= 15 is 0 Å². The van der Waals surface area contributed by atoms with Gasteiger partial charge in [0.2, 0.25) is 9.84 Å². The topological polar surface area (TPSA) is 40.6 Å². The van der Waals surface area contributed by atoms with E-state index in [1.807, 2.05) is 6.07 Å². The van der Waals surface area contributed by atoms with Crippen molar-refractivity contribution in [3.63, 3.8) is 0 Å². The third kappa shape index (κ3) is 3.12. The molecule has 0 spiro atoms. The van der Waals surface area contributed by atoms with Crippen molar-refractivity contribution in [2.45, 2.75) is 35.1 Å². The molecule has 0 radical (unpaired) electrons. The van der Waals surface area contributed by atoms with Crippen molar-refractivity contribution in [1.29, 1.82) is 0 Å². The average molecular weight is 374 g/mol. The van der Waals surface area contributed by atoms with E-state index in [1.165, 1.54) is 18.2 Å². The van der Waals surface area contributed by atoms with Crippen LogP contribution in [0.3, 0.4) is 0 Å². The zero-order valence-electron chi connectivity index (χ0n) is 14.9. The fourth-order valence-corrected chi connectivity index (χ4v) is 5.37. The first-order valence-electron chi connectivity index (χ1n) is 9.04. The molecule has 0 aromatic heterocycles. The second kappa shape index (κ2) is 6.67. The second-order valence-corrected chi connectivity index (χ2v) is 9.18. The Morgan fingerprint density at radius 2 is 1.73 bits per heavy atom. The molecular formula is C20H23FN2O2S. The van der Waals surface area contributed by atoms with Gasteiger partial charge < -0.3 is 9.80 Å². The molecule has 2 aliphatic heterocycles. The Labute approximate surface area is 154 Å². The smallest absolute Gasteiger partial charge is 0.206 e. The first-order chi connectivity index (χ1) is 12.4. The van der Waals surface area contributed by atoms with Crippen LogP contribution in [0.5, 0.6) is 0 Å². The van der Waals surface area contributed by atoms with Gasteiger partial charge in [-0.15, -0.1) is 0 Å². The fourth-order valence-electron chi connectivity index (χ4n) is 4.03. The first kappa shape index (κ1) is 17.5. The molecular weight excluding hydrogens is 351 g/mol. The van der Waals surface area contributed by atoms with Crippen molar-refractivity contribution in [3.05, 3.63) is 53.8 Å². The van der Waals surface area contributed by atoms with Crippen molar-refractivity contribution in [2.75, 3.05) is 31.6 Å². The van der Waals surface area contributed by atoms with E-state index in [-0.39, 0.29) is 9.79 Å². The molecule has 2 aromatic rings. The molecule has 2 aromatic carbocycles. The number of hydrogen-bond donors (Lipinski definition) is 0. The van der Waals surface area contributed by atoms with E-state index in [4.69, 9.17) is 0 Å². The zero-order valence-corrected chi connectivity index (χ0v) is 15.7. The molecule has 26 heavy (non-hydrogen) atoms. The normalized spacial score (nSPS) is 18.9. The summed E-state index contributed by atoms with van der Waals surface area (Å²) in [6, 6.07) is 11.1. The van der Waals surface area contributed by atoms with Crippen molar-refractivity contribution < 1.29 is 12.8 Å². The molecule has 4 rings (SSSR count). The van der Waals surface area contributed by atoms with Gasteiger partial charge in [0, 0.05) is 18.3 Å². The molecule has 0 amide bonds. The zero-order chi connectivity index (χ0) is 18.3. The second-order valence-electron chi connectivity index (χ2n) is 7.23. The Balaban J connectivity index is 1.62. The molecule has 2 heterocycles. The summed E-state index contributed by atoms with van der Waals surface area (Å²) in [6.07, 6.45) is 3.13. The van der Waals surface area contributed by atoms with Crippen molar-refractivity contribution in [2.24, 2.45) is 0 Å². The van der Waals surface area contributed by atoms with Gasteiger partial charge in [0.25, 0.3) is 0 Å². The van der Waals surface area contributed by atoms with Crippen molar-refractivity contribution in [3.8, 4) is 0 Å². The lowest BCUT2D eigenvalue weighted by Gasteiger charge is -2.36. The molecule has 1 saturated heterocycles. The minimum Gasteiger partial charge on any atom is -0.368 e. The van der Waals surface area contributed by atoms with E-state index in [0.717, 1.165) is 56.2 Å². The summed E-state index contributed by atoms with van der Waals surface area (Å²) in [5, 5.41) is 0. The van der Waals surface area contributed by atoms with Gasteiger partial charge >= 0.3 is 0 Å². The molecule has 2 aliphatic rings. The van der Waals surface area contributed by atoms with Crippen LogP contribution in [0.15, 0.2) is 52.3 Å². The van der Waals surface area contributed by atoms with Gasteiger partial charge in [0.15, 0.2) is 0 Å². The van der Waals surface area contributed by atoms with E-state index in [1.54, 1.807) is 12.1 Å². The van der Waals surface area contributed by atoms with Crippen LogP contribution >= 0.6 is 0 Å². The molecule has 0 aliphatic carbocycles. The van der Waals surface area contributed by atoms with Gasteiger partial charge in [-0.3, -0.25) is 0 Å². The molecule has 4 nitrogen and oxygen atoms in total. The van der Waals surface area contributed by atoms with Crippen LogP contribution in [-0.2, 0) is 16.3 Å². The SMILES string of the molecule is CN1CCC(N2CCc3cc(S(=O)(=O)c4cccc(F)c4)ccc32)CC1. The van der Waals surface area contributed by atoms with Gasteiger partial charge in [-0.1, -0.05) is 6.07 Å². The minimum atomic E-state index is -3.70. The summed E-state index contributed by atoms with van der Waals surface area (Å²) >= 11 is 0. The quantitative estimate of drug-likeness (QED) is 0.828. The van der Waals surface area contributed by atoms with Crippen LogP contribution in [0, 0.1) is 5.82 Å². The number of halogens is 1. The lowest BCUT2D eigenvalue weighted by molar-refractivity contribution is 0.251. The Bertz CT molecular complexity index is 921. The highest BCUT2D eigenvalue weighted by Crippen LogP contribution is 2.35. The van der Waals surface area contributed by atoms with Gasteiger partial charge in [0.1, 0.15) is 5.82 Å². The van der Waals surface area contributed by atoms with E-state index in [9.17, 15) is 12.8 Å². The number of nitrogens with zero attached hydrogens (tertiary/aromatic N) is 2. The Morgan fingerprint density at radius 1 is 1.00 bits per heavy atom. The van der Waals surface area contributed by atoms with Crippen LogP contribution < -0.4 is 4.90 Å². The number of fused-ring (bicyclic) bond motifs is 1. The largest absolute Gasteiger partial charge is 0.368 e. The third-order valence-corrected chi connectivity index (χ3v) is 7.28. The molecule has 0 unspecified atom stereocenters. The fraction of sp³-hybridized carbons (Fsp3) is 0.400. The number of rotatable bonds is 3. The van der Waals surface area contributed by atoms with E-state index in [2.05, 4.69) is 16.8 Å². The van der Waals surface area contributed by atoms with Crippen LogP contribution in [0.4, 0.5) is 10.1 Å². The predicted molar refractivity (Wildman–Crippen MR) is 99.9 cm³/mol. The highest BCUT2D eigenvalue weighted by atomic mass is 32.2. The number of sulfone groups is 1. The summed E-state index contributed by atoms with van der Waals surface area (Å²) in [5.41, 5.74) is 2.22. The van der Waals surface area contributed by atoms with Crippen LogP contribution in [0.1, 0.15) is 18.4 Å². The summed E-state index contributed by atoms with van der Waals surface area (Å²) < 4.78 is 39.1. The van der Waals surface area contributed by atoms with Crippen LogP contribution in [-0.4, -0.2) is 46.0 Å². The van der Waals surface area contributed by atoms with Crippen molar-refractivity contribution >= 4 is 15.5 Å². The third-order valence-electron chi connectivity index (χ3n) is 5.53. The summed E-state index contributed by atoms with van der Waals surface area (Å²) in [4.78, 5) is 5.03. The number of benzene rings is 2. The molecule has 0 bridgehead atoms. The van der Waals surface area contributed by atoms with Crippen molar-refractivity contribution in [1.82, 2.24) is 4.90 Å². The molecule has 0 N–H and O–H groups in total. The van der Waals surface area contributed by atoms with Gasteiger partial charge in [-0.2, -0.15) is 0 Å². The molecule has 0 saturated carbocycles. The number of hydrogen-bond acceptors (Lipinski definition) is 4. The molecule has 138 valence electrons. The summed E-state index contributed by atoms with van der Waals surface area (Å²) in [7, 11) is -1.55. The maximum Gasteiger partial charge on any atom is 0.206 e. The highest BCUT2D eigenvalue weighted by Gasteiger charge is 2.30. The lowest BCUT2D eigenvalue weighted by Crippen LogP contribution is -2.43. The van der Waals surface area contributed by atoms with Gasteiger partial charge in [0.05, 0.1) is 9.79 Å². The monoisotopic (exact) mass is 374 g/mol. The van der Waals surface area contributed by atoms with Crippen LogP contribution in [0.25, 0.3) is 0 Å². The van der Waals surface area contributed by atoms with Gasteiger partial charge in [-0.05, 0) is 81.4 Å². The number of piperidine rings is 1. The predicted octanol–water partition coefficient (Wildman–Crippen LogP) is 3.12.